The van der Waals surface area contributed by atoms with Crippen molar-refractivity contribution in [2.45, 2.75) is 12.7 Å². The molecule has 31 heavy (non-hydrogen) atoms. The molecule has 0 aliphatic heterocycles. The Labute approximate surface area is 171 Å². The summed E-state index contributed by atoms with van der Waals surface area (Å²) in [5.41, 5.74) is -3.65. The zero-order chi connectivity index (χ0) is 22.8. The summed E-state index contributed by atoms with van der Waals surface area (Å²) in [6.45, 7) is -0.236. The Balaban J connectivity index is 2.08. The maximum Gasteiger partial charge on any atom is 0.436 e. The number of hydrogen-bond donors (Lipinski definition) is 1. The van der Waals surface area contributed by atoms with Crippen molar-refractivity contribution in [2.24, 2.45) is 0 Å². The molecule has 1 amide bonds. The van der Waals surface area contributed by atoms with Crippen LogP contribution < -0.4 is 15.6 Å². The minimum Gasteiger partial charge on any atom is -0.490 e. The SMILES string of the molecule is COc1c(C(=O)NCc2ccc(F)cc2)c(C(F)(F)F)nn(-c2ccc(F)cc2)c1=O. The summed E-state index contributed by atoms with van der Waals surface area (Å²) in [7, 11) is 0.933. The highest BCUT2D eigenvalue weighted by molar-refractivity contribution is 5.98. The predicted octanol–water partition coefficient (Wildman–Crippen LogP) is 3.47. The number of carbonyl (C=O) groups is 1. The largest absolute Gasteiger partial charge is 0.490 e. The van der Waals surface area contributed by atoms with Gasteiger partial charge in [0.15, 0.2) is 5.69 Å². The quantitative estimate of drug-likeness (QED) is 0.618. The van der Waals surface area contributed by atoms with Crippen molar-refractivity contribution in [1.29, 1.82) is 0 Å². The lowest BCUT2D eigenvalue weighted by Gasteiger charge is -2.17. The first-order valence-electron chi connectivity index (χ1n) is 8.69. The number of aromatic nitrogens is 2. The normalized spacial score (nSPS) is 11.3. The molecule has 1 heterocycles. The van der Waals surface area contributed by atoms with Gasteiger partial charge in [0.25, 0.3) is 5.91 Å². The van der Waals surface area contributed by atoms with Gasteiger partial charge in [0.2, 0.25) is 5.75 Å². The molecule has 1 N–H and O–H groups in total. The van der Waals surface area contributed by atoms with Crippen LogP contribution in [0.2, 0.25) is 0 Å². The molecule has 11 heteroatoms. The second-order valence-corrected chi connectivity index (χ2v) is 6.26. The van der Waals surface area contributed by atoms with E-state index in [1.165, 1.54) is 12.1 Å². The van der Waals surface area contributed by atoms with E-state index in [1.54, 1.807) is 0 Å². The van der Waals surface area contributed by atoms with E-state index < -0.39 is 46.3 Å². The minimum atomic E-state index is -5.12. The molecule has 0 bridgehead atoms. The average molecular weight is 439 g/mol. The van der Waals surface area contributed by atoms with Crippen molar-refractivity contribution in [1.82, 2.24) is 15.1 Å². The topological polar surface area (TPSA) is 73.2 Å². The van der Waals surface area contributed by atoms with Gasteiger partial charge in [0.1, 0.15) is 17.2 Å². The summed E-state index contributed by atoms with van der Waals surface area (Å²) in [6, 6.07) is 8.89. The lowest BCUT2D eigenvalue weighted by Crippen LogP contribution is -2.34. The van der Waals surface area contributed by atoms with Crippen molar-refractivity contribution >= 4 is 5.91 Å². The second kappa shape index (κ2) is 8.54. The molecular formula is C20H14F5N3O3. The van der Waals surface area contributed by atoms with Crippen LogP contribution in [-0.2, 0) is 12.7 Å². The van der Waals surface area contributed by atoms with E-state index in [0.717, 1.165) is 43.5 Å². The van der Waals surface area contributed by atoms with Gasteiger partial charge < -0.3 is 10.1 Å². The molecule has 3 aromatic rings. The Hall–Kier alpha value is -3.76. The predicted molar refractivity (Wildman–Crippen MR) is 98.9 cm³/mol. The fraction of sp³-hybridized carbons (Fsp3) is 0.150. The number of ether oxygens (including phenoxy) is 1. The Morgan fingerprint density at radius 2 is 1.58 bits per heavy atom. The average Bonchev–Trinajstić information content (AvgIpc) is 2.72. The van der Waals surface area contributed by atoms with E-state index in [-0.39, 0.29) is 12.2 Å². The summed E-state index contributed by atoms with van der Waals surface area (Å²) in [6.07, 6.45) is -5.12. The van der Waals surface area contributed by atoms with Gasteiger partial charge in [0.05, 0.1) is 12.8 Å². The number of methoxy groups -OCH3 is 1. The first-order valence-corrected chi connectivity index (χ1v) is 8.69. The molecule has 0 saturated heterocycles. The van der Waals surface area contributed by atoms with Crippen LogP contribution in [0.15, 0.2) is 53.3 Å². The van der Waals surface area contributed by atoms with Crippen LogP contribution in [0.1, 0.15) is 21.6 Å². The van der Waals surface area contributed by atoms with Crippen molar-refractivity contribution in [3.05, 3.63) is 87.3 Å². The number of halogens is 5. The lowest BCUT2D eigenvalue weighted by molar-refractivity contribution is -0.142. The van der Waals surface area contributed by atoms with E-state index in [9.17, 15) is 31.5 Å². The molecule has 3 rings (SSSR count). The molecule has 0 fully saturated rings. The van der Waals surface area contributed by atoms with E-state index in [4.69, 9.17) is 4.74 Å². The monoisotopic (exact) mass is 439 g/mol. The summed E-state index contributed by atoms with van der Waals surface area (Å²) >= 11 is 0. The fourth-order valence-corrected chi connectivity index (χ4v) is 2.73. The summed E-state index contributed by atoms with van der Waals surface area (Å²) < 4.78 is 72.5. The minimum absolute atomic E-state index is 0.159. The van der Waals surface area contributed by atoms with Crippen LogP contribution in [0.4, 0.5) is 22.0 Å². The van der Waals surface area contributed by atoms with Crippen LogP contribution in [-0.4, -0.2) is 22.8 Å². The number of hydrogen-bond acceptors (Lipinski definition) is 4. The van der Waals surface area contributed by atoms with Crippen LogP contribution in [0.25, 0.3) is 5.69 Å². The van der Waals surface area contributed by atoms with Gasteiger partial charge in [-0.1, -0.05) is 12.1 Å². The third-order valence-corrected chi connectivity index (χ3v) is 4.19. The van der Waals surface area contributed by atoms with Gasteiger partial charge >= 0.3 is 11.7 Å². The Morgan fingerprint density at radius 3 is 2.10 bits per heavy atom. The van der Waals surface area contributed by atoms with Crippen LogP contribution in [0.3, 0.4) is 0 Å². The van der Waals surface area contributed by atoms with Crippen molar-refractivity contribution in [3.63, 3.8) is 0 Å². The van der Waals surface area contributed by atoms with E-state index in [2.05, 4.69) is 10.4 Å². The highest BCUT2D eigenvalue weighted by atomic mass is 19.4. The van der Waals surface area contributed by atoms with Gasteiger partial charge in [0, 0.05) is 6.54 Å². The highest BCUT2D eigenvalue weighted by Gasteiger charge is 2.41. The maximum absolute atomic E-state index is 13.7. The maximum atomic E-state index is 13.7. The Morgan fingerprint density at radius 1 is 1.03 bits per heavy atom. The number of carbonyl (C=O) groups excluding carboxylic acids is 1. The van der Waals surface area contributed by atoms with Crippen LogP contribution >= 0.6 is 0 Å². The molecule has 0 atom stereocenters. The van der Waals surface area contributed by atoms with Crippen LogP contribution in [0.5, 0.6) is 5.75 Å². The van der Waals surface area contributed by atoms with Crippen molar-refractivity contribution < 1.29 is 31.5 Å². The molecule has 0 radical (unpaired) electrons. The van der Waals surface area contributed by atoms with Gasteiger partial charge in [-0.25, -0.2) is 8.78 Å². The number of benzene rings is 2. The van der Waals surface area contributed by atoms with Crippen molar-refractivity contribution in [2.75, 3.05) is 7.11 Å². The molecular weight excluding hydrogens is 425 g/mol. The van der Waals surface area contributed by atoms with Gasteiger partial charge in [-0.2, -0.15) is 23.0 Å². The number of alkyl halides is 3. The number of nitrogens with one attached hydrogen (secondary N) is 1. The molecule has 0 spiro atoms. The van der Waals surface area contributed by atoms with Crippen molar-refractivity contribution in [3.8, 4) is 11.4 Å². The summed E-state index contributed by atoms with van der Waals surface area (Å²) in [5.74, 6) is -3.34. The van der Waals surface area contributed by atoms with Gasteiger partial charge in [-0.3, -0.25) is 9.59 Å². The summed E-state index contributed by atoms with van der Waals surface area (Å²) in [5, 5.41) is 5.54. The smallest absolute Gasteiger partial charge is 0.436 e. The van der Waals surface area contributed by atoms with Gasteiger partial charge in [-0.15, -0.1) is 0 Å². The molecule has 1 aromatic heterocycles. The number of rotatable bonds is 5. The second-order valence-electron chi connectivity index (χ2n) is 6.26. The number of amides is 1. The molecule has 2 aromatic carbocycles. The molecule has 6 nitrogen and oxygen atoms in total. The first-order chi connectivity index (χ1) is 14.6. The third kappa shape index (κ3) is 4.71. The molecule has 0 saturated carbocycles. The summed E-state index contributed by atoms with van der Waals surface area (Å²) in [4.78, 5) is 25.3. The van der Waals surface area contributed by atoms with Gasteiger partial charge in [-0.05, 0) is 42.0 Å². The Kier molecular flexibility index (Phi) is 6.04. The molecule has 0 unspecified atom stereocenters. The van der Waals surface area contributed by atoms with E-state index in [1.807, 2.05) is 0 Å². The Bertz CT molecular complexity index is 1160. The molecule has 162 valence electrons. The number of nitrogens with zero attached hydrogens (tertiary/aromatic N) is 2. The lowest BCUT2D eigenvalue weighted by atomic mass is 10.1. The third-order valence-electron chi connectivity index (χ3n) is 4.19. The first kappa shape index (κ1) is 21.9. The molecule has 0 aliphatic carbocycles. The highest BCUT2D eigenvalue weighted by Crippen LogP contribution is 2.33. The van der Waals surface area contributed by atoms with E-state index >= 15 is 0 Å². The fourth-order valence-electron chi connectivity index (χ4n) is 2.73. The van der Waals surface area contributed by atoms with Crippen LogP contribution in [0, 0.1) is 11.6 Å². The zero-order valence-corrected chi connectivity index (χ0v) is 15.8. The zero-order valence-electron chi connectivity index (χ0n) is 15.8. The standard InChI is InChI=1S/C20H14F5N3O3/c1-31-16-15(18(29)26-10-11-2-4-12(21)5-3-11)17(20(23,24)25)27-28(19(16)30)14-8-6-13(22)7-9-14/h2-9H,10H2,1H3,(H,26,29). The molecule has 0 aliphatic rings. The van der Waals surface area contributed by atoms with E-state index in [0.29, 0.717) is 10.2 Å².